The van der Waals surface area contributed by atoms with Gasteiger partial charge < -0.3 is 10.2 Å². The molecular weight excluding hydrogens is 296 g/mol. The maximum absolute atomic E-state index is 12.2. The maximum Gasteiger partial charge on any atom is 0.339 e. The van der Waals surface area contributed by atoms with Gasteiger partial charge in [0, 0.05) is 6.54 Å². The lowest BCUT2D eigenvalue weighted by atomic mass is 9.97. The number of hydrogen-bond acceptors (Lipinski definition) is 5. The molecule has 0 saturated carbocycles. The Kier molecular flexibility index (Phi) is 4.61. The van der Waals surface area contributed by atoms with Crippen molar-refractivity contribution in [1.82, 2.24) is 4.72 Å². The molecule has 1 aromatic carbocycles. The van der Waals surface area contributed by atoms with Crippen molar-refractivity contribution in [2.24, 2.45) is 5.41 Å². The fourth-order valence-electron chi connectivity index (χ4n) is 1.53. The molecule has 114 valence electrons. The van der Waals surface area contributed by atoms with Gasteiger partial charge in [0.15, 0.2) is 0 Å². The predicted octanol–water partition coefficient (Wildman–Crippen LogP) is 1.23. The van der Waals surface area contributed by atoms with Crippen molar-refractivity contribution in [2.75, 3.05) is 6.54 Å². The van der Waals surface area contributed by atoms with Crippen LogP contribution in [0.3, 0.4) is 0 Å². The molecule has 0 spiro atoms. The van der Waals surface area contributed by atoms with Gasteiger partial charge in [0.1, 0.15) is 11.3 Å². The van der Waals surface area contributed by atoms with Crippen LogP contribution in [0, 0.1) is 23.7 Å². The van der Waals surface area contributed by atoms with Crippen molar-refractivity contribution >= 4 is 16.0 Å². The lowest BCUT2D eigenvalue weighted by molar-refractivity contribution is 0.0693. The van der Waals surface area contributed by atoms with Crippen LogP contribution in [0.2, 0.25) is 0 Å². The minimum Gasteiger partial charge on any atom is -0.507 e. The Bertz CT molecular complexity index is 717. The summed E-state index contributed by atoms with van der Waals surface area (Å²) in [4.78, 5) is 10.7. The highest BCUT2D eigenvalue weighted by molar-refractivity contribution is 7.89. The monoisotopic (exact) mass is 312 g/mol. The van der Waals surface area contributed by atoms with Gasteiger partial charge in [0.05, 0.1) is 16.4 Å². The third kappa shape index (κ3) is 3.93. The number of sulfonamides is 1. The molecule has 1 aromatic rings. The molecule has 0 fully saturated rings. The third-order valence-corrected chi connectivity index (χ3v) is 4.36. The molecule has 7 nitrogen and oxygen atoms in total. The fourth-order valence-corrected chi connectivity index (χ4v) is 2.99. The number of carboxylic acids is 1. The highest BCUT2D eigenvalue weighted by atomic mass is 32.2. The first-order valence-corrected chi connectivity index (χ1v) is 7.46. The highest BCUT2D eigenvalue weighted by Gasteiger charge is 2.25. The molecule has 0 aliphatic heterocycles. The number of hydrogen-bond donors (Lipinski definition) is 3. The number of aromatic carboxylic acids is 1. The Hall–Kier alpha value is -2.11. The van der Waals surface area contributed by atoms with Gasteiger partial charge in [0.25, 0.3) is 0 Å². The summed E-state index contributed by atoms with van der Waals surface area (Å²) in [6.07, 6.45) is 0. The van der Waals surface area contributed by atoms with Crippen LogP contribution in [0.1, 0.15) is 29.8 Å². The van der Waals surface area contributed by atoms with Crippen molar-refractivity contribution in [3.05, 3.63) is 23.3 Å². The molecule has 0 amide bonds. The average molecular weight is 312 g/mol. The normalized spacial score (nSPS) is 11.9. The Labute approximate surface area is 122 Å². The molecule has 0 aromatic heterocycles. The van der Waals surface area contributed by atoms with Crippen molar-refractivity contribution in [2.45, 2.75) is 25.7 Å². The molecule has 3 N–H and O–H groups in total. The summed E-state index contributed by atoms with van der Waals surface area (Å²) in [5, 5.41) is 27.3. The molecule has 1 rings (SSSR count). The van der Waals surface area contributed by atoms with E-state index in [0.717, 1.165) is 12.1 Å². The standard InChI is InChI=1S/C13H16N2O5S/c1-8-4-10(16)9(12(17)18)5-11(8)21(19,20)15-7-13(2,3)6-14/h4-5,15-16H,7H2,1-3H3,(H,17,18). The van der Waals surface area contributed by atoms with E-state index in [1.807, 2.05) is 6.07 Å². The summed E-state index contributed by atoms with van der Waals surface area (Å²) in [6, 6.07) is 3.93. The summed E-state index contributed by atoms with van der Waals surface area (Å²) in [5.41, 5.74) is -1.19. The van der Waals surface area contributed by atoms with Gasteiger partial charge in [-0.2, -0.15) is 5.26 Å². The zero-order valence-electron chi connectivity index (χ0n) is 11.8. The molecule has 0 radical (unpaired) electrons. The van der Waals surface area contributed by atoms with Crippen molar-refractivity contribution in [3.63, 3.8) is 0 Å². The SMILES string of the molecule is Cc1cc(O)c(C(=O)O)cc1S(=O)(=O)NCC(C)(C)C#N. The molecular formula is C13H16N2O5S. The van der Waals surface area contributed by atoms with E-state index >= 15 is 0 Å². The Balaban J connectivity index is 3.24. The molecule has 0 aliphatic carbocycles. The number of phenols is 1. The van der Waals surface area contributed by atoms with Gasteiger partial charge in [-0.25, -0.2) is 17.9 Å². The third-order valence-electron chi connectivity index (χ3n) is 2.82. The van der Waals surface area contributed by atoms with Crippen LogP contribution in [0.25, 0.3) is 0 Å². The molecule has 0 heterocycles. The van der Waals surface area contributed by atoms with Gasteiger partial charge in [-0.3, -0.25) is 0 Å². The smallest absolute Gasteiger partial charge is 0.339 e. The number of carboxylic acid groups (broad SMARTS) is 1. The second-order valence-corrected chi connectivity index (χ2v) is 7.00. The zero-order valence-corrected chi connectivity index (χ0v) is 12.7. The van der Waals surface area contributed by atoms with Crippen LogP contribution < -0.4 is 4.72 Å². The summed E-state index contributed by atoms with van der Waals surface area (Å²) in [6.45, 7) is 4.47. The van der Waals surface area contributed by atoms with E-state index in [-0.39, 0.29) is 17.0 Å². The van der Waals surface area contributed by atoms with Gasteiger partial charge in [-0.1, -0.05) is 0 Å². The summed E-state index contributed by atoms with van der Waals surface area (Å²) < 4.78 is 26.7. The Morgan fingerprint density at radius 3 is 2.48 bits per heavy atom. The number of nitrogens with zero attached hydrogens (tertiary/aromatic N) is 1. The van der Waals surface area contributed by atoms with Crippen LogP contribution in [0.5, 0.6) is 5.75 Å². The van der Waals surface area contributed by atoms with Crippen LogP contribution in [-0.2, 0) is 10.0 Å². The number of nitriles is 1. The highest BCUT2D eigenvalue weighted by Crippen LogP contribution is 2.25. The Morgan fingerprint density at radius 2 is 2.00 bits per heavy atom. The van der Waals surface area contributed by atoms with E-state index in [0.29, 0.717) is 0 Å². The molecule has 0 bridgehead atoms. The Morgan fingerprint density at radius 1 is 1.43 bits per heavy atom. The molecule has 0 saturated heterocycles. The molecule has 8 heteroatoms. The van der Waals surface area contributed by atoms with E-state index in [9.17, 15) is 18.3 Å². The lowest BCUT2D eigenvalue weighted by Crippen LogP contribution is -2.33. The van der Waals surface area contributed by atoms with Crippen LogP contribution in [0.4, 0.5) is 0 Å². The number of nitrogens with one attached hydrogen (secondary N) is 1. The number of benzene rings is 1. The van der Waals surface area contributed by atoms with Crippen LogP contribution >= 0.6 is 0 Å². The number of aromatic hydroxyl groups is 1. The first kappa shape index (κ1) is 16.9. The van der Waals surface area contributed by atoms with Crippen LogP contribution in [-0.4, -0.2) is 31.1 Å². The topological polar surface area (TPSA) is 127 Å². The second-order valence-electron chi connectivity index (χ2n) is 5.26. The molecule has 0 atom stereocenters. The lowest BCUT2D eigenvalue weighted by Gasteiger charge is -2.17. The van der Waals surface area contributed by atoms with E-state index < -0.39 is 32.7 Å². The van der Waals surface area contributed by atoms with Crippen molar-refractivity contribution in [3.8, 4) is 11.8 Å². The fraction of sp³-hybridized carbons (Fsp3) is 0.385. The number of rotatable bonds is 5. The van der Waals surface area contributed by atoms with Gasteiger partial charge in [0.2, 0.25) is 10.0 Å². The van der Waals surface area contributed by atoms with E-state index in [1.165, 1.54) is 6.92 Å². The van der Waals surface area contributed by atoms with Gasteiger partial charge in [-0.05, 0) is 38.5 Å². The average Bonchev–Trinajstić information content (AvgIpc) is 2.36. The van der Waals surface area contributed by atoms with E-state index in [4.69, 9.17) is 10.4 Å². The second kappa shape index (κ2) is 5.71. The summed E-state index contributed by atoms with van der Waals surface area (Å²) >= 11 is 0. The first-order valence-electron chi connectivity index (χ1n) is 5.98. The van der Waals surface area contributed by atoms with Crippen molar-refractivity contribution < 1.29 is 23.4 Å². The predicted molar refractivity (Wildman–Crippen MR) is 74.4 cm³/mol. The van der Waals surface area contributed by atoms with E-state index in [2.05, 4.69) is 4.72 Å². The number of carbonyl (C=O) groups is 1. The summed E-state index contributed by atoms with van der Waals surface area (Å²) in [5.74, 6) is -1.93. The first-order chi connectivity index (χ1) is 9.50. The van der Waals surface area contributed by atoms with E-state index in [1.54, 1.807) is 13.8 Å². The van der Waals surface area contributed by atoms with Gasteiger partial charge in [-0.15, -0.1) is 0 Å². The quantitative estimate of drug-likeness (QED) is 0.750. The minimum atomic E-state index is -3.98. The maximum atomic E-state index is 12.2. The summed E-state index contributed by atoms with van der Waals surface area (Å²) in [7, 11) is -3.98. The molecule has 21 heavy (non-hydrogen) atoms. The molecule has 0 unspecified atom stereocenters. The largest absolute Gasteiger partial charge is 0.507 e. The number of aryl methyl sites for hydroxylation is 1. The molecule has 0 aliphatic rings. The minimum absolute atomic E-state index is 0.117. The van der Waals surface area contributed by atoms with Crippen LogP contribution in [0.15, 0.2) is 17.0 Å². The zero-order chi connectivity index (χ0) is 16.4. The van der Waals surface area contributed by atoms with Gasteiger partial charge >= 0.3 is 5.97 Å². The van der Waals surface area contributed by atoms with Crippen molar-refractivity contribution in [1.29, 1.82) is 5.26 Å².